The Balaban J connectivity index is 2.53. The van der Waals surface area contributed by atoms with E-state index in [0.717, 1.165) is 5.56 Å². The van der Waals surface area contributed by atoms with Crippen LogP contribution in [0.25, 0.3) is 0 Å². The van der Waals surface area contributed by atoms with Crippen LogP contribution in [0.4, 0.5) is 0 Å². The highest BCUT2D eigenvalue weighted by Crippen LogP contribution is 2.11. The summed E-state index contributed by atoms with van der Waals surface area (Å²) >= 11 is 0. The molecule has 0 saturated heterocycles. The number of aryl methyl sites for hydroxylation is 2. The Morgan fingerprint density at radius 3 is 2.47 bits per heavy atom. The molecule has 4 nitrogen and oxygen atoms in total. The highest BCUT2D eigenvalue weighted by Gasteiger charge is 2.11. The number of carbonyl (C=O) groups excluding carboxylic acids is 2. The maximum absolute atomic E-state index is 12.0. The Bertz CT molecular complexity index is 468. The number of methoxy groups -OCH3 is 1. The van der Waals surface area contributed by atoms with Gasteiger partial charge in [-0.2, -0.15) is 0 Å². The summed E-state index contributed by atoms with van der Waals surface area (Å²) in [5.41, 5.74) is 3.40. The number of benzene rings is 1. The molecule has 1 amide bonds. The molecule has 0 radical (unpaired) electrons. The van der Waals surface area contributed by atoms with Gasteiger partial charge in [0.15, 0.2) is 0 Å². The molecule has 0 aliphatic heterocycles. The average Bonchev–Trinajstić information content (AvgIpc) is 2.39. The van der Waals surface area contributed by atoms with Gasteiger partial charge in [-0.3, -0.25) is 9.59 Å². The first kappa shape index (κ1) is 15.2. The first-order chi connectivity index (χ1) is 8.93. The number of amides is 1. The Morgan fingerprint density at radius 2 is 1.89 bits per heavy atom. The van der Waals surface area contributed by atoms with Crippen LogP contribution in [0.5, 0.6) is 0 Å². The number of nitrogens with zero attached hydrogens (tertiary/aromatic N) is 1. The third-order valence-corrected chi connectivity index (χ3v) is 3.23. The summed E-state index contributed by atoms with van der Waals surface area (Å²) in [4.78, 5) is 24.6. The van der Waals surface area contributed by atoms with Crippen molar-refractivity contribution in [2.75, 3.05) is 20.7 Å². The molecule has 0 atom stereocenters. The van der Waals surface area contributed by atoms with Crippen molar-refractivity contribution in [2.45, 2.75) is 26.7 Å². The van der Waals surface area contributed by atoms with Gasteiger partial charge in [0.05, 0.1) is 20.0 Å². The van der Waals surface area contributed by atoms with E-state index < -0.39 is 0 Å². The highest BCUT2D eigenvalue weighted by atomic mass is 16.5. The number of likely N-dealkylation sites (N-methyl/N-ethyl adjacent to an activating group) is 1. The largest absolute Gasteiger partial charge is 0.469 e. The average molecular weight is 263 g/mol. The second-order valence-corrected chi connectivity index (χ2v) is 4.74. The van der Waals surface area contributed by atoms with Gasteiger partial charge in [0, 0.05) is 13.6 Å². The molecular formula is C15H21NO3. The number of hydrogen-bond acceptors (Lipinski definition) is 3. The summed E-state index contributed by atoms with van der Waals surface area (Å²) in [6.45, 7) is 4.46. The topological polar surface area (TPSA) is 46.6 Å². The molecule has 0 aliphatic carbocycles. The Labute approximate surface area is 114 Å². The molecule has 4 heteroatoms. The van der Waals surface area contributed by atoms with Crippen molar-refractivity contribution in [1.29, 1.82) is 0 Å². The standard InChI is InChI=1S/C15H21NO3/c1-11-5-6-13(9-12(11)2)10-14(17)16(3)8-7-15(18)19-4/h5-6,9H,7-8,10H2,1-4H3. The Morgan fingerprint density at radius 1 is 1.21 bits per heavy atom. The normalized spacial score (nSPS) is 10.1. The number of ether oxygens (including phenoxy) is 1. The fourth-order valence-electron chi connectivity index (χ4n) is 1.71. The number of carbonyl (C=O) groups is 2. The van der Waals surface area contributed by atoms with E-state index in [-0.39, 0.29) is 18.3 Å². The number of esters is 1. The van der Waals surface area contributed by atoms with Crippen LogP contribution in [0.2, 0.25) is 0 Å². The van der Waals surface area contributed by atoms with Gasteiger partial charge < -0.3 is 9.64 Å². The highest BCUT2D eigenvalue weighted by molar-refractivity contribution is 5.79. The molecule has 1 aromatic rings. The van der Waals surface area contributed by atoms with E-state index in [0.29, 0.717) is 13.0 Å². The number of hydrogen-bond donors (Lipinski definition) is 0. The Kier molecular flexibility index (Phi) is 5.55. The van der Waals surface area contributed by atoms with Gasteiger partial charge in [-0.05, 0) is 30.5 Å². The predicted molar refractivity (Wildman–Crippen MR) is 73.9 cm³/mol. The molecule has 0 fully saturated rings. The summed E-state index contributed by atoms with van der Waals surface area (Å²) in [6, 6.07) is 6.02. The molecule has 0 aliphatic rings. The zero-order valence-corrected chi connectivity index (χ0v) is 12.0. The van der Waals surface area contributed by atoms with Crippen LogP contribution in [-0.2, 0) is 20.7 Å². The molecule has 0 unspecified atom stereocenters. The van der Waals surface area contributed by atoms with Crippen molar-refractivity contribution in [3.8, 4) is 0 Å². The van der Waals surface area contributed by atoms with Gasteiger partial charge in [-0.15, -0.1) is 0 Å². The van der Waals surface area contributed by atoms with Crippen molar-refractivity contribution in [1.82, 2.24) is 4.90 Å². The molecule has 0 aromatic heterocycles. The van der Waals surface area contributed by atoms with Crippen LogP contribution in [0.3, 0.4) is 0 Å². The maximum atomic E-state index is 12.0. The summed E-state index contributed by atoms with van der Waals surface area (Å²) in [6.07, 6.45) is 0.588. The van der Waals surface area contributed by atoms with Gasteiger partial charge in [-0.1, -0.05) is 18.2 Å². The zero-order valence-electron chi connectivity index (χ0n) is 12.0. The van der Waals surface area contributed by atoms with E-state index in [2.05, 4.69) is 4.74 Å². The van der Waals surface area contributed by atoms with E-state index >= 15 is 0 Å². The fraction of sp³-hybridized carbons (Fsp3) is 0.467. The van der Waals surface area contributed by atoms with Gasteiger partial charge in [0.1, 0.15) is 0 Å². The van der Waals surface area contributed by atoms with Crippen LogP contribution in [-0.4, -0.2) is 37.5 Å². The third kappa shape index (κ3) is 4.73. The third-order valence-electron chi connectivity index (χ3n) is 3.23. The summed E-state index contributed by atoms with van der Waals surface area (Å²) in [7, 11) is 3.05. The minimum Gasteiger partial charge on any atom is -0.469 e. The van der Waals surface area contributed by atoms with Crippen LogP contribution in [0.15, 0.2) is 18.2 Å². The summed E-state index contributed by atoms with van der Waals surface area (Å²) in [5.74, 6) is -0.294. The first-order valence-electron chi connectivity index (χ1n) is 6.31. The quantitative estimate of drug-likeness (QED) is 0.762. The fourth-order valence-corrected chi connectivity index (χ4v) is 1.71. The van der Waals surface area contributed by atoms with Gasteiger partial charge in [0.25, 0.3) is 0 Å². The van der Waals surface area contributed by atoms with Crippen LogP contribution >= 0.6 is 0 Å². The van der Waals surface area contributed by atoms with Crippen LogP contribution in [0.1, 0.15) is 23.1 Å². The van der Waals surface area contributed by atoms with E-state index in [4.69, 9.17) is 0 Å². The molecule has 0 N–H and O–H groups in total. The van der Waals surface area contributed by atoms with Crippen LogP contribution < -0.4 is 0 Å². The van der Waals surface area contributed by atoms with Crippen molar-refractivity contribution >= 4 is 11.9 Å². The summed E-state index contributed by atoms with van der Waals surface area (Å²) < 4.78 is 4.55. The molecule has 1 rings (SSSR count). The number of rotatable bonds is 5. The lowest BCUT2D eigenvalue weighted by atomic mass is 10.0. The second kappa shape index (κ2) is 6.92. The van der Waals surface area contributed by atoms with Crippen molar-refractivity contribution in [3.63, 3.8) is 0 Å². The van der Waals surface area contributed by atoms with Gasteiger partial charge >= 0.3 is 5.97 Å². The molecule has 0 bridgehead atoms. The maximum Gasteiger partial charge on any atom is 0.307 e. The van der Waals surface area contributed by atoms with Crippen molar-refractivity contribution in [3.05, 3.63) is 34.9 Å². The van der Waals surface area contributed by atoms with E-state index in [1.165, 1.54) is 18.2 Å². The minimum absolute atomic E-state index is 0.00663. The van der Waals surface area contributed by atoms with E-state index in [9.17, 15) is 9.59 Å². The molecular weight excluding hydrogens is 242 g/mol. The predicted octanol–water partition coefficient (Wildman–Crippen LogP) is 1.87. The SMILES string of the molecule is COC(=O)CCN(C)C(=O)Cc1ccc(C)c(C)c1. The van der Waals surface area contributed by atoms with Crippen LogP contribution in [0, 0.1) is 13.8 Å². The lowest BCUT2D eigenvalue weighted by molar-refractivity contribution is -0.141. The first-order valence-corrected chi connectivity index (χ1v) is 6.31. The van der Waals surface area contributed by atoms with Crippen molar-refractivity contribution in [2.24, 2.45) is 0 Å². The molecule has 1 aromatic carbocycles. The molecule has 0 heterocycles. The van der Waals surface area contributed by atoms with Gasteiger partial charge in [-0.25, -0.2) is 0 Å². The minimum atomic E-state index is -0.300. The lowest BCUT2D eigenvalue weighted by Gasteiger charge is -2.16. The lowest BCUT2D eigenvalue weighted by Crippen LogP contribution is -2.30. The molecule has 104 valence electrons. The second-order valence-electron chi connectivity index (χ2n) is 4.74. The molecule has 19 heavy (non-hydrogen) atoms. The summed E-state index contributed by atoms with van der Waals surface area (Å²) in [5, 5.41) is 0. The smallest absolute Gasteiger partial charge is 0.307 e. The van der Waals surface area contributed by atoms with E-state index in [1.807, 2.05) is 32.0 Å². The van der Waals surface area contributed by atoms with Gasteiger partial charge in [0.2, 0.25) is 5.91 Å². The molecule has 0 saturated carbocycles. The zero-order chi connectivity index (χ0) is 14.4. The molecule has 0 spiro atoms. The Hall–Kier alpha value is -1.84. The monoisotopic (exact) mass is 263 g/mol. The van der Waals surface area contributed by atoms with E-state index in [1.54, 1.807) is 11.9 Å². The van der Waals surface area contributed by atoms with Crippen molar-refractivity contribution < 1.29 is 14.3 Å².